The number of carbonyl (C=O) groups is 1. The topological polar surface area (TPSA) is 77.9 Å². The van der Waals surface area contributed by atoms with Crippen LogP contribution in [-0.4, -0.2) is 40.9 Å². The predicted molar refractivity (Wildman–Crippen MR) is 142 cm³/mol. The van der Waals surface area contributed by atoms with Gasteiger partial charge in [-0.1, -0.05) is 18.2 Å². The van der Waals surface area contributed by atoms with Crippen LogP contribution in [0.25, 0.3) is 0 Å². The summed E-state index contributed by atoms with van der Waals surface area (Å²) in [4.78, 5) is 22.0. The molecule has 4 bridgehead atoms. The summed E-state index contributed by atoms with van der Waals surface area (Å²) < 4.78 is 5.85. The van der Waals surface area contributed by atoms with E-state index in [1.165, 1.54) is 0 Å². The Kier molecular flexibility index (Phi) is 5.36. The number of amides is 2. The number of ether oxygens (including phenoxy) is 1. The lowest BCUT2D eigenvalue weighted by Crippen LogP contribution is -2.63. The number of pyridine rings is 1. The number of fused-ring (bicyclic) bond motifs is 1. The van der Waals surface area contributed by atoms with Gasteiger partial charge >= 0.3 is 6.03 Å². The van der Waals surface area contributed by atoms with Crippen molar-refractivity contribution in [3.63, 3.8) is 0 Å². The quantitative estimate of drug-likeness (QED) is 0.500. The molecule has 1 aromatic heterocycles. The molecule has 7 nitrogen and oxygen atoms in total. The highest BCUT2D eigenvalue weighted by Gasteiger charge is 2.55. The normalized spacial score (nSPS) is 29.6. The van der Waals surface area contributed by atoms with Crippen LogP contribution in [0.1, 0.15) is 32.1 Å². The second kappa shape index (κ2) is 8.77. The fourth-order valence-corrected chi connectivity index (χ4v) is 7.50. The van der Waals surface area contributed by atoms with Gasteiger partial charge in [0.25, 0.3) is 0 Å². The summed E-state index contributed by atoms with van der Waals surface area (Å²) >= 11 is 0. The number of carbonyl (C=O) groups excluding carboxylic acids is 1. The minimum absolute atomic E-state index is 0.0179. The number of hydrogen-bond acceptors (Lipinski definition) is 5. The standard InChI is InChI=1S/C30H32N4O3/c35-29(32-28-21-15-20-16-22(28)19-30(36,17-20)18-21)34-14-13-33(25-5-1-2-6-26(25)34)23-8-10-24(11-9-23)37-27-7-3-4-12-31-27/h1-12,20-22,28,36H,13-19H2,(H,32,35). The molecule has 0 saturated heterocycles. The van der Waals surface area contributed by atoms with Crippen LogP contribution in [0, 0.1) is 17.8 Å². The Hall–Kier alpha value is -3.58. The number of urea groups is 1. The smallest absolute Gasteiger partial charge is 0.322 e. The van der Waals surface area contributed by atoms with E-state index in [4.69, 9.17) is 4.74 Å². The highest BCUT2D eigenvalue weighted by molar-refractivity contribution is 5.98. The number of para-hydroxylation sites is 2. The average Bonchev–Trinajstić information content (AvgIpc) is 2.90. The zero-order valence-corrected chi connectivity index (χ0v) is 20.8. The molecule has 4 saturated carbocycles. The molecule has 2 atom stereocenters. The van der Waals surface area contributed by atoms with Gasteiger partial charge in [-0.25, -0.2) is 9.78 Å². The van der Waals surface area contributed by atoms with Gasteiger partial charge in [-0.15, -0.1) is 0 Å². The van der Waals surface area contributed by atoms with Gasteiger partial charge in [-0.2, -0.15) is 0 Å². The predicted octanol–water partition coefficient (Wildman–Crippen LogP) is 5.48. The summed E-state index contributed by atoms with van der Waals surface area (Å²) in [5, 5.41) is 14.3. The van der Waals surface area contributed by atoms with Crippen LogP contribution in [0.4, 0.5) is 21.9 Å². The van der Waals surface area contributed by atoms with E-state index in [2.05, 4.69) is 21.3 Å². The Morgan fingerprint density at radius 1 is 0.919 bits per heavy atom. The van der Waals surface area contributed by atoms with Crippen LogP contribution < -0.4 is 19.9 Å². The molecule has 3 aromatic rings. The van der Waals surface area contributed by atoms with Crippen LogP contribution >= 0.6 is 0 Å². The number of anilines is 3. The van der Waals surface area contributed by atoms with E-state index in [0.717, 1.165) is 54.9 Å². The van der Waals surface area contributed by atoms with Gasteiger partial charge in [-0.05, 0) is 92.3 Å². The molecule has 2 heterocycles. The van der Waals surface area contributed by atoms with Gasteiger partial charge in [0.15, 0.2) is 0 Å². The molecule has 190 valence electrons. The van der Waals surface area contributed by atoms with Gasteiger partial charge < -0.3 is 20.1 Å². The maximum absolute atomic E-state index is 13.6. The third-order valence-electron chi connectivity index (χ3n) is 8.80. The first-order chi connectivity index (χ1) is 18.0. The van der Waals surface area contributed by atoms with E-state index in [1.54, 1.807) is 6.20 Å². The van der Waals surface area contributed by atoms with E-state index in [9.17, 15) is 9.90 Å². The SMILES string of the molecule is O=C(NC1C2CC3CC1CC(O)(C3)C2)N1CCN(c2ccc(Oc3ccccn3)cc2)c2ccccc21. The van der Waals surface area contributed by atoms with E-state index in [1.807, 2.05) is 65.6 Å². The Balaban J connectivity index is 1.08. The molecule has 8 rings (SSSR count). The number of rotatable bonds is 4. The number of nitrogens with zero attached hydrogens (tertiary/aromatic N) is 3. The Bertz CT molecular complexity index is 1280. The molecule has 0 radical (unpaired) electrons. The Labute approximate surface area is 217 Å². The van der Waals surface area contributed by atoms with Crippen molar-refractivity contribution in [2.45, 2.75) is 43.7 Å². The molecule has 4 fully saturated rings. The zero-order valence-electron chi connectivity index (χ0n) is 20.8. The van der Waals surface area contributed by atoms with Gasteiger partial charge in [0.05, 0.1) is 17.0 Å². The number of aromatic nitrogens is 1. The lowest BCUT2D eigenvalue weighted by Gasteiger charge is -2.58. The molecule has 2 amide bonds. The zero-order chi connectivity index (χ0) is 25.0. The summed E-state index contributed by atoms with van der Waals surface area (Å²) in [5.41, 5.74) is 2.49. The molecule has 0 spiro atoms. The molecule has 37 heavy (non-hydrogen) atoms. The van der Waals surface area contributed by atoms with Crippen LogP contribution in [0.3, 0.4) is 0 Å². The van der Waals surface area contributed by atoms with Crippen molar-refractivity contribution in [2.24, 2.45) is 17.8 Å². The van der Waals surface area contributed by atoms with E-state index < -0.39 is 5.60 Å². The molecule has 5 aliphatic rings. The third kappa shape index (κ3) is 4.11. The van der Waals surface area contributed by atoms with E-state index in [-0.39, 0.29) is 12.1 Å². The van der Waals surface area contributed by atoms with Gasteiger partial charge in [-0.3, -0.25) is 4.90 Å². The first kappa shape index (κ1) is 22.6. The van der Waals surface area contributed by atoms with Crippen molar-refractivity contribution in [3.8, 4) is 11.6 Å². The van der Waals surface area contributed by atoms with E-state index >= 15 is 0 Å². The van der Waals surface area contributed by atoms with Gasteiger partial charge in [0.2, 0.25) is 5.88 Å². The van der Waals surface area contributed by atoms with Crippen molar-refractivity contribution in [1.82, 2.24) is 10.3 Å². The molecule has 7 heteroatoms. The lowest BCUT2D eigenvalue weighted by atomic mass is 9.52. The number of benzene rings is 2. The highest BCUT2D eigenvalue weighted by atomic mass is 16.5. The molecule has 2 N–H and O–H groups in total. The second-order valence-electron chi connectivity index (χ2n) is 11.2. The Morgan fingerprint density at radius 2 is 1.65 bits per heavy atom. The molecular formula is C30H32N4O3. The van der Waals surface area contributed by atoms with Crippen LogP contribution in [0.5, 0.6) is 11.6 Å². The monoisotopic (exact) mass is 496 g/mol. The summed E-state index contributed by atoms with van der Waals surface area (Å²) in [6.07, 6.45) is 6.59. The second-order valence-corrected chi connectivity index (χ2v) is 11.2. The summed E-state index contributed by atoms with van der Waals surface area (Å²) in [6.45, 7) is 1.30. The Morgan fingerprint density at radius 3 is 2.35 bits per heavy atom. The number of nitrogens with one attached hydrogen (secondary N) is 1. The first-order valence-corrected chi connectivity index (χ1v) is 13.4. The molecular weight excluding hydrogens is 464 g/mol. The van der Waals surface area contributed by atoms with Crippen molar-refractivity contribution < 1.29 is 14.6 Å². The fourth-order valence-electron chi connectivity index (χ4n) is 7.50. The van der Waals surface area contributed by atoms with Crippen LogP contribution in [-0.2, 0) is 0 Å². The first-order valence-electron chi connectivity index (χ1n) is 13.4. The summed E-state index contributed by atoms with van der Waals surface area (Å²) in [6, 6.07) is 21.8. The molecule has 1 aliphatic heterocycles. The van der Waals surface area contributed by atoms with Crippen LogP contribution in [0.2, 0.25) is 0 Å². The maximum atomic E-state index is 13.6. The maximum Gasteiger partial charge on any atom is 0.322 e. The summed E-state index contributed by atoms with van der Waals surface area (Å²) in [5.74, 6) is 2.70. The highest BCUT2D eigenvalue weighted by Crippen LogP contribution is 2.55. The third-order valence-corrected chi connectivity index (χ3v) is 8.80. The molecule has 2 unspecified atom stereocenters. The van der Waals surface area contributed by atoms with Crippen molar-refractivity contribution >= 4 is 23.1 Å². The fraction of sp³-hybridized carbons (Fsp3) is 0.400. The van der Waals surface area contributed by atoms with Gasteiger partial charge in [0.1, 0.15) is 5.75 Å². The average molecular weight is 497 g/mol. The van der Waals surface area contributed by atoms with Crippen molar-refractivity contribution in [3.05, 3.63) is 72.9 Å². The van der Waals surface area contributed by atoms with E-state index in [0.29, 0.717) is 36.7 Å². The largest absolute Gasteiger partial charge is 0.439 e. The summed E-state index contributed by atoms with van der Waals surface area (Å²) in [7, 11) is 0. The minimum Gasteiger partial charge on any atom is -0.439 e. The number of hydrogen-bond donors (Lipinski definition) is 2. The minimum atomic E-state index is -0.492. The lowest BCUT2D eigenvalue weighted by molar-refractivity contribution is -0.136. The number of aliphatic hydroxyl groups is 1. The van der Waals surface area contributed by atoms with Crippen molar-refractivity contribution in [2.75, 3.05) is 22.9 Å². The van der Waals surface area contributed by atoms with Crippen molar-refractivity contribution in [1.29, 1.82) is 0 Å². The molecule has 4 aliphatic carbocycles. The molecule has 2 aromatic carbocycles. The van der Waals surface area contributed by atoms with Crippen LogP contribution in [0.15, 0.2) is 72.9 Å². The van der Waals surface area contributed by atoms with Gasteiger partial charge in [0, 0.05) is 37.1 Å².